The summed E-state index contributed by atoms with van der Waals surface area (Å²) in [6.45, 7) is 1.44. The van der Waals surface area contributed by atoms with E-state index in [0.29, 0.717) is 11.8 Å². The summed E-state index contributed by atoms with van der Waals surface area (Å²) in [4.78, 5) is 14.0. The Bertz CT molecular complexity index is 533. The summed E-state index contributed by atoms with van der Waals surface area (Å²) in [6.07, 6.45) is 2.06. The number of aromatic amines is 1. The van der Waals surface area contributed by atoms with Gasteiger partial charge in [0, 0.05) is 17.1 Å². The Labute approximate surface area is 92.4 Å². The molecule has 1 aromatic heterocycles. The number of carbonyl (C=O) groups is 1. The van der Waals surface area contributed by atoms with E-state index >= 15 is 0 Å². The number of halogens is 1. The van der Waals surface area contributed by atoms with Gasteiger partial charge >= 0.3 is 0 Å². The lowest BCUT2D eigenvalue weighted by atomic mass is 10.0. The van der Waals surface area contributed by atoms with Gasteiger partial charge in [-0.2, -0.15) is 0 Å². The summed E-state index contributed by atoms with van der Waals surface area (Å²) in [5, 5.41) is 0.527. The molecular weight excluding hydrogens is 207 g/mol. The highest BCUT2D eigenvalue weighted by Gasteiger charge is 2.14. The quantitative estimate of drug-likeness (QED) is 0.828. The predicted octanol–water partition coefficient (Wildman–Crippen LogP) is 1.77. The van der Waals surface area contributed by atoms with E-state index in [1.807, 2.05) is 0 Å². The number of hydrogen-bond acceptors (Lipinski definition) is 2. The maximum absolute atomic E-state index is 13.6. The van der Waals surface area contributed by atoms with Crippen molar-refractivity contribution in [2.75, 3.05) is 0 Å². The van der Waals surface area contributed by atoms with Gasteiger partial charge < -0.3 is 10.7 Å². The molecule has 1 atom stereocenters. The largest absolute Gasteiger partial charge is 0.361 e. The monoisotopic (exact) mass is 220 g/mol. The Morgan fingerprint density at radius 2 is 2.31 bits per heavy atom. The molecule has 2 aromatic rings. The third kappa shape index (κ3) is 1.84. The number of ketones is 1. The van der Waals surface area contributed by atoms with Crippen molar-refractivity contribution in [1.29, 1.82) is 0 Å². The first-order valence-corrected chi connectivity index (χ1v) is 5.10. The van der Waals surface area contributed by atoms with Gasteiger partial charge in [0.2, 0.25) is 0 Å². The number of fused-ring (bicyclic) bond motifs is 1. The fourth-order valence-corrected chi connectivity index (χ4v) is 1.75. The molecule has 0 aliphatic carbocycles. The minimum atomic E-state index is -0.571. The zero-order valence-corrected chi connectivity index (χ0v) is 8.96. The van der Waals surface area contributed by atoms with Crippen LogP contribution in [0.3, 0.4) is 0 Å². The number of carbonyl (C=O) groups excluding carboxylic acids is 1. The molecule has 0 amide bonds. The summed E-state index contributed by atoms with van der Waals surface area (Å²) in [5.41, 5.74) is 7.14. The van der Waals surface area contributed by atoms with Crippen LogP contribution in [-0.4, -0.2) is 16.8 Å². The van der Waals surface area contributed by atoms with Gasteiger partial charge in [-0.25, -0.2) is 4.39 Å². The zero-order chi connectivity index (χ0) is 11.7. The molecule has 0 bridgehead atoms. The Morgan fingerprint density at radius 3 is 3.00 bits per heavy atom. The number of nitrogens with two attached hydrogens (primary N) is 1. The lowest BCUT2D eigenvalue weighted by Crippen LogP contribution is -2.30. The molecule has 4 heteroatoms. The molecule has 0 aliphatic rings. The van der Waals surface area contributed by atoms with Crippen molar-refractivity contribution in [3.63, 3.8) is 0 Å². The van der Waals surface area contributed by atoms with Crippen LogP contribution in [0.2, 0.25) is 0 Å². The van der Waals surface area contributed by atoms with Crippen LogP contribution in [0.5, 0.6) is 0 Å². The molecule has 84 valence electrons. The number of rotatable bonds is 3. The van der Waals surface area contributed by atoms with Gasteiger partial charge in [0.05, 0.1) is 6.04 Å². The molecule has 0 saturated heterocycles. The number of benzene rings is 1. The van der Waals surface area contributed by atoms with Gasteiger partial charge in [0.15, 0.2) is 0 Å². The molecule has 3 nitrogen and oxygen atoms in total. The van der Waals surface area contributed by atoms with Crippen LogP contribution in [0.1, 0.15) is 12.5 Å². The first-order chi connectivity index (χ1) is 7.59. The molecule has 1 heterocycles. The summed E-state index contributed by atoms with van der Waals surface area (Å²) < 4.78 is 13.6. The standard InChI is InChI=1S/C12H13FN2O/c1-7(16)10(14)5-8-6-15-11-4-2-3-9(13)12(8)11/h2-4,6,10,15H,5,14H2,1H3. The molecule has 1 unspecified atom stereocenters. The Kier molecular flexibility index (Phi) is 2.75. The van der Waals surface area contributed by atoms with Gasteiger partial charge in [-0.3, -0.25) is 4.79 Å². The van der Waals surface area contributed by atoms with E-state index in [4.69, 9.17) is 5.73 Å². The van der Waals surface area contributed by atoms with Crippen LogP contribution in [0.4, 0.5) is 4.39 Å². The Morgan fingerprint density at radius 1 is 1.56 bits per heavy atom. The second kappa shape index (κ2) is 4.06. The Balaban J connectivity index is 2.42. The van der Waals surface area contributed by atoms with E-state index in [9.17, 15) is 9.18 Å². The molecule has 0 radical (unpaired) electrons. The Hall–Kier alpha value is -1.68. The predicted molar refractivity (Wildman–Crippen MR) is 60.6 cm³/mol. The maximum Gasteiger partial charge on any atom is 0.146 e. The van der Waals surface area contributed by atoms with Crippen molar-refractivity contribution in [2.45, 2.75) is 19.4 Å². The van der Waals surface area contributed by atoms with Crippen molar-refractivity contribution in [3.8, 4) is 0 Å². The van der Waals surface area contributed by atoms with Crippen LogP contribution >= 0.6 is 0 Å². The molecule has 3 N–H and O–H groups in total. The number of nitrogens with one attached hydrogen (secondary N) is 1. The van der Waals surface area contributed by atoms with Gasteiger partial charge in [0.25, 0.3) is 0 Å². The highest BCUT2D eigenvalue weighted by molar-refractivity contribution is 5.86. The average molecular weight is 220 g/mol. The lowest BCUT2D eigenvalue weighted by Gasteiger charge is -2.06. The summed E-state index contributed by atoms with van der Waals surface area (Å²) in [6, 6.07) is 4.27. The van der Waals surface area contributed by atoms with E-state index in [-0.39, 0.29) is 11.6 Å². The fourth-order valence-electron chi connectivity index (χ4n) is 1.75. The lowest BCUT2D eigenvalue weighted by molar-refractivity contribution is -0.118. The number of hydrogen-bond donors (Lipinski definition) is 2. The van der Waals surface area contributed by atoms with Crippen molar-refractivity contribution >= 4 is 16.7 Å². The number of aromatic nitrogens is 1. The molecule has 2 rings (SSSR count). The van der Waals surface area contributed by atoms with E-state index in [1.54, 1.807) is 18.3 Å². The molecule has 0 spiro atoms. The minimum Gasteiger partial charge on any atom is -0.361 e. The van der Waals surface area contributed by atoms with Crippen LogP contribution in [0.25, 0.3) is 10.9 Å². The normalized spacial score (nSPS) is 12.9. The first-order valence-electron chi connectivity index (χ1n) is 5.10. The third-order valence-corrected chi connectivity index (χ3v) is 2.70. The third-order valence-electron chi connectivity index (χ3n) is 2.70. The maximum atomic E-state index is 13.6. The highest BCUT2D eigenvalue weighted by atomic mass is 19.1. The smallest absolute Gasteiger partial charge is 0.146 e. The van der Waals surface area contributed by atoms with Crippen LogP contribution in [0.15, 0.2) is 24.4 Å². The van der Waals surface area contributed by atoms with Crippen molar-refractivity contribution in [2.24, 2.45) is 5.73 Å². The zero-order valence-electron chi connectivity index (χ0n) is 8.96. The summed E-state index contributed by atoms with van der Waals surface area (Å²) in [5.74, 6) is -0.379. The second-order valence-electron chi connectivity index (χ2n) is 3.90. The molecule has 0 saturated carbocycles. The molecule has 16 heavy (non-hydrogen) atoms. The summed E-state index contributed by atoms with van der Waals surface area (Å²) in [7, 11) is 0. The average Bonchev–Trinajstić information content (AvgIpc) is 2.63. The van der Waals surface area contributed by atoms with Crippen molar-refractivity contribution < 1.29 is 9.18 Å². The fraction of sp³-hybridized carbons (Fsp3) is 0.250. The topological polar surface area (TPSA) is 58.9 Å². The van der Waals surface area contributed by atoms with Gasteiger partial charge in [-0.1, -0.05) is 6.07 Å². The number of Topliss-reactive ketones (excluding diaryl/α,β-unsaturated/α-hetero) is 1. The van der Waals surface area contributed by atoms with Crippen molar-refractivity contribution in [3.05, 3.63) is 35.8 Å². The van der Waals surface area contributed by atoms with E-state index in [2.05, 4.69) is 4.98 Å². The molecule has 0 fully saturated rings. The van der Waals surface area contributed by atoms with Gasteiger partial charge in [0.1, 0.15) is 11.6 Å². The summed E-state index contributed by atoms with van der Waals surface area (Å²) >= 11 is 0. The van der Waals surface area contributed by atoms with Gasteiger partial charge in [-0.15, -0.1) is 0 Å². The molecule has 0 aliphatic heterocycles. The van der Waals surface area contributed by atoms with E-state index in [0.717, 1.165) is 11.1 Å². The highest BCUT2D eigenvalue weighted by Crippen LogP contribution is 2.22. The SMILES string of the molecule is CC(=O)C(N)Cc1c[nH]c2cccc(F)c12. The molecule has 1 aromatic carbocycles. The molecular formula is C12H13FN2O. The first kappa shape index (κ1) is 10.8. The van der Waals surface area contributed by atoms with Crippen LogP contribution in [0, 0.1) is 5.82 Å². The second-order valence-corrected chi connectivity index (χ2v) is 3.90. The van der Waals surface area contributed by atoms with Gasteiger partial charge in [-0.05, 0) is 31.0 Å². The van der Waals surface area contributed by atoms with Crippen molar-refractivity contribution in [1.82, 2.24) is 4.98 Å². The van der Waals surface area contributed by atoms with Crippen LogP contribution < -0.4 is 5.73 Å². The van der Waals surface area contributed by atoms with Crippen LogP contribution in [-0.2, 0) is 11.2 Å². The number of H-pyrrole nitrogens is 1. The van der Waals surface area contributed by atoms with E-state index in [1.165, 1.54) is 13.0 Å². The minimum absolute atomic E-state index is 0.0920. The van der Waals surface area contributed by atoms with E-state index < -0.39 is 6.04 Å².